The molecule has 0 spiro atoms. The first-order chi connectivity index (χ1) is 12.4. The zero-order valence-corrected chi connectivity index (χ0v) is 14.5. The molecule has 0 saturated carbocycles. The van der Waals surface area contributed by atoms with Crippen molar-refractivity contribution in [1.82, 2.24) is 21.5 Å². The molecule has 142 valence electrons. The van der Waals surface area contributed by atoms with Crippen molar-refractivity contribution in [1.29, 1.82) is 5.41 Å². The van der Waals surface area contributed by atoms with Crippen molar-refractivity contribution >= 4 is 18.0 Å². The van der Waals surface area contributed by atoms with Crippen molar-refractivity contribution in [3.05, 3.63) is 48.2 Å². The minimum Gasteiger partial charge on any atom is -0.481 e. The number of amides is 2. The molecule has 1 aromatic carbocycles. The van der Waals surface area contributed by atoms with Gasteiger partial charge in [0, 0.05) is 12.2 Å². The number of carboxylic acids is 1. The maximum absolute atomic E-state index is 12.0. The molecule has 0 aliphatic heterocycles. The summed E-state index contributed by atoms with van der Waals surface area (Å²) >= 11 is 0. The molecule has 0 radical (unpaired) electrons. The van der Waals surface area contributed by atoms with E-state index in [2.05, 4.69) is 28.1 Å². The molecule has 0 aliphatic carbocycles. The molecule has 0 fully saturated rings. The lowest BCUT2D eigenvalue weighted by Gasteiger charge is -2.19. The number of aliphatic carboxylic acids is 1. The fraction of sp³-hybridized carbons (Fsp3) is 0.353. The van der Waals surface area contributed by atoms with Gasteiger partial charge in [0.15, 0.2) is 5.96 Å². The topological polar surface area (TPSA) is 152 Å². The lowest BCUT2D eigenvalue weighted by molar-refractivity contribution is -0.137. The molecule has 9 heteroatoms. The van der Waals surface area contributed by atoms with Gasteiger partial charge < -0.3 is 26.9 Å². The van der Waals surface area contributed by atoms with Gasteiger partial charge in [-0.25, -0.2) is 4.79 Å². The van der Waals surface area contributed by atoms with Crippen molar-refractivity contribution in [3.8, 4) is 0 Å². The van der Waals surface area contributed by atoms with Crippen LogP contribution in [0.15, 0.2) is 42.6 Å². The summed E-state index contributed by atoms with van der Waals surface area (Å²) in [5.74, 6) is -1.06. The summed E-state index contributed by atoms with van der Waals surface area (Å²) < 4.78 is 0. The van der Waals surface area contributed by atoms with E-state index in [1.807, 2.05) is 6.07 Å². The third kappa shape index (κ3) is 9.16. The van der Waals surface area contributed by atoms with E-state index < -0.39 is 18.0 Å². The third-order valence-corrected chi connectivity index (χ3v) is 3.46. The summed E-state index contributed by atoms with van der Waals surface area (Å²) in [6, 6.07) is 7.72. The van der Waals surface area contributed by atoms with Crippen LogP contribution in [0.2, 0.25) is 0 Å². The van der Waals surface area contributed by atoms with Gasteiger partial charge in [0.1, 0.15) is 0 Å². The van der Waals surface area contributed by atoms with E-state index in [4.69, 9.17) is 16.2 Å². The maximum atomic E-state index is 12.0. The molecule has 26 heavy (non-hydrogen) atoms. The number of hydrogen-bond acceptors (Lipinski definition) is 4. The van der Waals surface area contributed by atoms with E-state index in [-0.39, 0.29) is 12.4 Å². The van der Waals surface area contributed by atoms with Crippen LogP contribution >= 0.6 is 0 Å². The Hall–Kier alpha value is -3.23. The van der Waals surface area contributed by atoms with Crippen LogP contribution < -0.4 is 27.2 Å². The van der Waals surface area contributed by atoms with Crippen LogP contribution in [0.5, 0.6) is 0 Å². The van der Waals surface area contributed by atoms with Gasteiger partial charge >= 0.3 is 12.0 Å². The standard InChI is InChI=1S/C17H26N6O3/c1-12(7-5-6-10-20-16(18)19)22-23-17(26)21-14(11-15(24)25)13-8-3-2-4-9-13/h2-4,8-9,14,22H,1,5-7,10-11H2,(H,24,25)(H4,18,19,20)(H2,21,23,26). The molecule has 1 rings (SSSR count). The summed E-state index contributed by atoms with van der Waals surface area (Å²) in [7, 11) is 0. The molecule has 2 amide bonds. The number of benzene rings is 1. The van der Waals surface area contributed by atoms with Crippen molar-refractivity contribution < 1.29 is 14.7 Å². The number of urea groups is 1. The second-order valence-electron chi connectivity index (χ2n) is 5.69. The number of allylic oxidation sites excluding steroid dienone is 1. The average Bonchev–Trinajstić information content (AvgIpc) is 2.59. The Kier molecular flexibility index (Phi) is 9.08. The van der Waals surface area contributed by atoms with E-state index in [1.54, 1.807) is 24.3 Å². The van der Waals surface area contributed by atoms with Gasteiger partial charge in [0.25, 0.3) is 0 Å². The number of carbonyl (C=O) groups excluding carboxylic acids is 1. The number of carbonyl (C=O) groups is 2. The second-order valence-corrected chi connectivity index (χ2v) is 5.69. The largest absolute Gasteiger partial charge is 0.481 e. The van der Waals surface area contributed by atoms with E-state index in [0.29, 0.717) is 24.2 Å². The molecule has 0 saturated heterocycles. The first-order valence-electron chi connectivity index (χ1n) is 8.23. The Morgan fingerprint density at radius 1 is 1.19 bits per heavy atom. The first kappa shape index (κ1) is 20.8. The molecule has 1 atom stereocenters. The van der Waals surface area contributed by atoms with Gasteiger partial charge in [0.2, 0.25) is 0 Å². The van der Waals surface area contributed by atoms with Crippen LogP contribution in [0.1, 0.15) is 37.3 Å². The Balaban J connectivity index is 2.35. The summed E-state index contributed by atoms with van der Waals surface area (Å²) in [6.07, 6.45) is 2.03. The zero-order valence-electron chi connectivity index (χ0n) is 14.5. The molecule has 0 bridgehead atoms. The Bertz CT molecular complexity index is 620. The Labute approximate surface area is 152 Å². The van der Waals surface area contributed by atoms with Gasteiger partial charge in [-0.2, -0.15) is 0 Å². The fourth-order valence-electron chi connectivity index (χ4n) is 2.20. The molecule has 0 aromatic heterocycles. The van der Waals surface area contributed by atoms with Gasteiger partial charge in [0.05, 0.1) is 12.5 Å². The molecule has 9 nitrogen and oxygen atoms in total. The molecule has 1 unspecified atom stereocenters. The highest BCUT2D eigenvalue weighted by Gasteiger charge is 2.17. The van der Waals surface area contributed by atoms with Crippen LogP contribution in [-0.4, -0.2) is 29.6 Å². The van der Waals surface area contributed by atoms with E-state index in [9.17, 15) is 9.59 Å². The van der Waals surface area contributed by atoms with E-state index >= 15 is 0 Å². The van der Waals surface area contributed by atoms with E-state index in [1.165, 1.54) is 0 Å². The number of rotatable bonds is 11. The summed E-state index contributed by atoms with van der Waals surface area (Å²) in [5.41, 5.74) is 11.7. The summed E-state index contributed by atoms with van der Waals surface area (Å²) in [4.78, 5) is 23.0. The highest BCUT2D eigenvalue weighted by Crippen LogP contribution is 2.16. The number of guanidine groups is 1. The molecule has 8 N–H and O–H groups in total. The van der Waals surface area contributed by atoms with Crippen molar-refractivity contribution in [2.75, 3.05) is 6.54 Å². The van der Waals surface area contributed by atoms with Crippen LogP contribution in [0.3, 0.4) is 0 Å². The number of carboxylic acid groups (broad SMARTS) is 1. The predicted octanol–water partition coefficient (Wildman–Crippen LogP) is 1.17. The van der Waals surface area contributed by atoms with Gasteiger partial charge in [-0.05, 0) is 24.8 Å². The van der Waals surface area contributed by atoms with Gasteiger partial charge in [-0.1, -0.05) is 36.9 Å². The highest BCUT2D eigenvalue weighted by atomic mass is 16.4. The zero-order chi connectivity index (χ0) is 19.4. The van der Waals surface area contributed by atoms with E-state index in [0.717, 1.165) is 12.8 Å². The molecule has 1 aromatic rings. The first-order valence-corrected chi connectivity index (χ1v) is 8.23. The van der Waals surface area contributed by atoms with Crippen LogP contribution in [0, 0.1) is 5.41 Å². The number of hydrazine groups is 1. The minimum atomic E-state index is -1.00. The van der Waals surface area contributed by atoms with Crippen molar-refractivity contribution in [2.24, 2.45) is 5.73 Å². The summed E-state index contributed by atoms with van der Waals surface area (Å²) in [6.45, 7) is 4.41. The smallest absolute Gasteiger partial charge is 0.333 e. The van der Waals surface area contributed by atoms with Crippen molar-refractivity contribution in [3.63, 3.8) is 0 Å². The predicted molar refractivity (Wildman–Crippen MR) is 99.1 cm³/mol. The monoisotopic (exact) mass is 362 g/mol. The van der Waals surface area contributed by atoms with Gasteiger partial charge in [-0.3, -0.25) is 15.6 Å². The maximum Gasteiger partial charge on any atom is 0.333 e. The molecular formula is C17H26N6O3. The lowest BCUT2D eigenvalue weighted by Crippen LogP contribution is -2.45. The highest BCUT2D eigenvalue weighted by molar-refractivity contribution is 5.76. The fourth-order valence-corrected chi connectivity index (χ4v) is 2.20. The number of hydrogen-bond donors (Lipinski definition) is 7. The minimum absolute atomic E-state index is 0.0605. The van der Waals surface area contributed by atoms with Crippen molar-refractivity contribution in [2.45, 2.75) is 31.7 Å². The molecule has 0 heterocycles. The number of nitrogens with two attached hydrogens (primary N) is 1. The second kappa shape index (κ2) is 11.3. The van der Waals surface area contributed by atoms with Crippen LogP contribution in [0.25, 0.3) is 0 Å². The SMILES string of the molecule is C=C(CCCCNC(=N)N)NNC(=O)NC(CC(=O)O)c1ccccc1. The van der Waals surface area contributed by atoms with Gasteiger partial charge in [-0.15, -0.1) is 0 Å². The molecular weight excluding hydrogens is 336 g/mol. The Morgan fingerprint density at radius 3 is 2.50 bits per heavy atom. The normalized spacial score (nSPS) is 11.1. The Morgan fingerprint density at radius 2 is 1.88 bits per heavy atom. The number of unbranched alkanes of at least 4 members (excludes halogenated alkanes) is 1. The third-order valence-electron chi connectivity index (χ3n) is 3.46. The molecule has 0 aliphatic rings. The van der Waals surface area contributed by atoms with Crippen LogP contribution in [-0.2, 0) is 4.79 Å². The lowest BCUT2D eigenvalue weighted by atomic mass is 10.0. The number of nitrogens with one attached hydrogen (secondary N) is 5. The quantitative estimate of drug-likeness (QED) is 0.136. The summed E-state index contributed by atoms with van der Waals surface area (Å²) in [5, 5.41) is 21.4. The average molecular weight is 362 g/mol. The van der Waals surface area contributed by atoms with Crippen LogP contribution in [0.4, 0.5) is 4.79 Å².